The van der Waals surface area contributed by atoms with Gasteiger partial charge in [-0.2, -0.15) is 0 Å². The largest absolute Gasteiger partial charge is 0.398 e. The van der Waals surface area contributed by atoms with E-state index in [4.69, 9.17) is 10.5 Å². The van der Waals surface area contributed by atoms with Gasteiger partial charge in [0.05, 0.1) is 18.8 Å². The quantitative estimate of drug-likeness (QED) is 0.800. The van der Waals surface area contributed by atoms with Crippen LogP contribution in [0.5, 0.6) is 0 Å². The molecule has 0 radical (unpaired) electrons. The van der Waals surface area contributed by atoms with Gasteiger partial charge in [0.25, 0.3) is 5.91 Å². The van der Waals surface area contributed by atoms with Crippen molar-refractivity contribution >= 4 is 11.6 Å². The summed E-state index contributed by atoms with van der Waals surface area (Å²) in [6.45, 7) is 2.73. The highest BCUT2D eigenvalue weighted by Crippen LogP contribution is 2.31. The van der Waals surface area contributed by atoms with Crippen LogP contribution in [0.15, 0.2) is 12.1 Å². The topological polar surface area (TPSA) is 55.6 Å². The molecule has 3 rings (SSSR count). The summed E-state index contributed by atoms with van der Waals surface area (Å²) >= 11 is 0. The van der Waals surface area contributed by atoms with Crippen molar-refractivity contribution in [2.75, 3.05) is 18.9 Å². The summed E-state index contributed by atoms with van der Waals surface area (Å²) in [6, 6.07) is 2.98. The second kappa shape index (κ2) is 5.05. The molecule has 1 amide bonds. The Morgan fingerprint density at radius 2 is 2.25 bits per heavy atom. The molecule has 108 valence electrons. The van der Waals surface area contributed by atoms with Crippen molar-refractivity contribution in [1.82, 2.24) is 4.90 Å². The average molecular weight is 278 g/mol. The number of halogens is 1. The van der Waals surface area contributed by atoms with Gasteiger partial charge in [0.1, 0.15) is 5.82 Å². The van der Waals surface area contributed by atoms with Gasteiger partial charge >= 0.3 is 0 Å². The van der Waals surface area contributed by atoms with E-state index in [0.29, 0.717) is 30.0 Å². The number of hydrogen-bond acceptors (Lipinski definition) is 3. The first-order valence-corrected chi connectivity index (χ1v) is 7.06. The number of anilines is 1. The molecule has 1 aliphatic heterocycles. The smallest absolute Gasteiger partial charge is 0.254 e. The van der Waals surface area contributed by atoms with Gasteiger partial charge in [0.15, 0.2) is 0 Å². The average Bonchev–Trinajstić information content (AvgIpc) is 2.91. The molecule has 2 N–H and O–H groups in total. The maximum Gasteiger partial charge on any atom is 0.254 e. The number of carbonyl (C=O) groups is 1. The summed E-state index contributed by atoms with van der Waals surface area (Å²) in [5.41, 5.74) is 6.81. The van der Waals surface area contributed by atoms with E-state index in [-0.39, 0.29) is 18.1 Å². The third-order valence-electron chi connectivity index (χ3n) is 4.37. The van der Waals surface area contributed by atoms with Crippen molar-refractivity contribution in [3.05, 3.63) is 29.1 Å². The zero-order valence-corrected chi connectivity index (χ0v) is 11.6. The molecular weight excluding hydrogens is 259 g/mol. The van der Waals surface area contributed by atoms with Gasteiger partial charge in [-0.3, -0.25) is 4.79 Å². The Labute approximate surface area is 117 Å². The maximum absolute atomic E-state index is 13.8. The van der Waals surface area contributed by atoms with Crippen molar-refractivity contribution in [2.24, 2.45) is 0 Å². The SMILES string of the molecule is Cc1c(N)cc(C(=O)N2CCOC3CCCC32)cc1F. The first-order chi connectivity index (χ1) is 9.58. The van der Waals surface area contributed by atoms with E-state index in [1.54, 1.807) is 13.0 Å². The molecule has 5 heteroatoms. The molecule has 1 saturated heterocycles. The first kappa shape index (κ1) is 13.4. The minimum atomic E-state index is -0.426. The summed E-state index contributed by atoms with van der Waals surface area (Å²) < 4.78 is 19.5. The Balaban J connectivity index is 1.88. The van der Waals surface area contributed by atoms with Crippen LogP contribution in [0.3, 0.4) is 0 Å². The molecule has 1 aromatic carbocycles. The van der Waals surface area contributed by atoms with Crippen molar-refractivity contribution in [2.45, 2.75) is 38.3 Å². The first-order valence-electron chi connectivity index (χ1n) is 7.06. The lowest BCUT2D eigenvalue weighted by atomic mass is 10.1. The highest BCUT2D eigenvalue weighted by Gasteiger charge is 2.38. The van der Waals surface area contributed by atoms with Crippen LogP contribution < -0.4 is 5.73 Å². The number of ether oxygens (including phenoxy) is 1. The standard InChI is InChI=1S/C15H19FN2O2/c1-9-11(16)7-10(8-12(9)17)15(19)18-5-6-20-14-4-2-3-13(14)18/h7-8,13-14H,2-6,17H2,1H3. The summed E-state index contributed by atoms with van der Waals surface area (Å²) in [5, 5.41) is 0. The van der Waals surface area contributed by atoms with Crippen LogP contribution in [0.4, 0.5) is 10.1 Å². The number of amides is 1. The molecule has 2 unspecified atom stereocenters. The van der Waals surface area contributed by atoms with Crippen molar-refractivity contribution in [3.8, 4) is 0 Å². The molecule has 1 aromatic rings. The number of nitrogens with two attached hydrogens (primary N) is 1. The number of rotatable bonds is 1. The highest BCUT2D eigenvalue weighted by molar-refractivity contribution is 5.95. The minimum absolute atomic E-state index is 0.127. The van der Waals surface area contributed by atoms with E-state index >= 15 is 0 Å². The minimum Gasteiger partial charge on any atom is -0.398 e. The molecule has 2 atom stereocenters. The predicted molar refractivity (Wildman–Crippen MR) is 74.0 cm³/mol. The van der Waals surface area contributed by atoms with Crippen molar-refractivity contribution in [3.63, 3.8) is 0 Å². The van der Waals surface area contributed by atoms with Crippen LogP contribution in [0.25, 0.3) is 0 Å². The third kappa shape index (κ3) is 2.16. The van der Waals surface area contributed by atoms with E-state index in [0.717, 1.165) is 19.3 Å². The van der Waals surface area contributed by atoms with Crippen LogP contribution in [0.2, 0.25) is 0 Å². The third-order valence-corrected chi connectivity index (χ3v) is 4.37. The molecule has 20 heavy (non-hydrogen) atoms. The fourth-order valence-electron chi connectivity index (χ4n) is 3.17. The van der Waals surface area contributed by atoms with Crippen LogP contribution >= 0.6 is 0 Å². The number of morpholine rings is 1. The number of nitrogen functional groups attached to an aromatic ring is 1. The molecule has 1 aliphatic carbocycles. The summed E-state index contributed by atoms with van der Waals surface area (Å²) in [5.74, 6) is -0.569. The fourth-order valence-corrected chi connectivity index (χ4v) is 3.17. The Kier molecular flexibility index (Phi) is 3.38. The van der Waals surface area contributed by atoms with E-state index in [1.807, 2.05) is 4.90 Å². The summed E-state index contributed by atoms with van der Waals surface area (Å²) in [6.07, 6.45) is 3.17. The molecule has 0 bridgehead atoms. The Morgan fingerprint density at radius 1 is 1.45 bits per heavy atom. The zero-order valence-electron chi connectivity index (χ0n) is 11.6. The molecule has 1 saturated carbocycles. The van der Waals surface area contributed by atoms with Crippen molar-refractivity contribution < 1.29 is 13.9 Å². The summed E-state index contributed by atoms with van der Waals surface area (Å²) in [7, 11) is 0. The number of nitrogens with zero attached hydrogens (tertiary/aromatic N) is 1. The predicted octanol–water partition coefficient (Wildman–Crippen LogP) is 2.11. The van der Waals surface area contributed by atoms with Gasteiger partial charge in [-0.05, 0) is 38.3 Å². The van der Waals surface area contributed by atoms with Gasteiger partial charge in [0, 0.05) is 23.4 Å². The molecule has 2 fully saturated rings. The number of hydrogen-bond donors (Lipinski definition) is 1. The lowest BCUT2D eigenvalue weighted by molar-refractivity contribution is -0.0445. The lowest BCUT2D eigenvalue weighted by Gasteiger charge is -2.37. The Morgan fingerprint density at radius 3 is 3.00 bits per heavy atom. The lowest BCUT2D eigenvalue weighted by Crippen LogP contribution is -2.51. The van der Waals surface area contributed by atoms with Crippen LogP contribution in [-0.2, 0) is 4.74 Å². The van der Waals surface area contributed by atoms with Crippen LogP contribution in [0, 0.1) is 12.7 Å². The zero-order chi connectivity index (χ0) is 14.3. The molecule has 0 aromatic heterocycles. The second-order valence-electron chi connectivity index (χ2n) is 5.58. The van der Waals surface area contributed by atoms with E-state index in [1.165, 1.54) is 6.07 Å². The Bertz CT molecular complexity index is 524. The van der Waals surface area contributed by atoms with E-state index < -0.39 is 5.82 Å². The molecular formula is C15H19FN2O2. The Hall–Kier alpha value is -1.62. The molecule has 2 aliphatic rings. The normalized spacial score (nSPS) is 25.6. The van der Waals surface area contributed by atoms with Gasteiger partial charge in [-0.15, -0.1) is 0 Å². The summed E-state index contributed by atoms with van der Waals surface area (Å²) in [4.78, 5) is 14.4. The molecule has 0 spiro atoms. The number of benzene rings is 1. The van der Waals surface area contributed by atoms with Crippen LogP contribution in [0.1, 0.15) is 35.2 Å². The van der Waals surface area contributed by atoms with E-state index in [9.17, 15) is 9.18 Å². The van der Waals surface area contributed by atoms with Gasteiger partial charge in [0.2, 0.25) is 0 Å². The van der Waals surface area contributed by atoms with Gasteiger partial charge in [-0.1, -0.05) is 0 Å². The molecule has 4 nitrogen and oxygen atoms in total. The van der Waals surface area contributed by atoms with Crippen molar-refractivity contribution in [1.29, 1.82) is 0 Å². The fraction of sp³-hybridized carbons (Fsp3) is 0.533. The highest BCUT2D eigenvalue weighted by atomic mass is 19.1. The van der Waals surface area contributed by atoms with Gasteiger partial charge < -0.3 is 15.4 Å². The van der Waals surface area contributed by atoms with E-state index in [2.05, 4.69) is 0 Å². The van der Waals surface area contributed by atoms with Crippen LogP contribution in [-0.4, -0.2) is 36.1 Å². The monoisotopic (exact) mass is 278 g/mol. The van der Waals surface area contributed by atoms with Gasteiger partial charge in [-0.25, -0.2) is 4.39 Å². The second-order valence-corrected chi connectivity index (χ2v) is 5.58. The number of fused-ring (bicyclic) bond motifs is 1. The maximum atomic E-state index is 13.8. The molecule has 1 heterocycles. The number of carbonyl (C=O) groups excluding carboxylic acids is 1.